The van der Waals surface area contributed by atoms with Gasteiger partial charge in [0.05, 0.1) is 6.10 Å². The molecule has 0 amide bonds. The van der Waals surface area contributed by atoms with Gasteiger partial charge in [-0.05, 0) is 50.3 Å². The first-order chi connectivity index (χ1) is 8.17. The van der Waals surface area contributed by atoms with Crippen molar-refractivity contribution in [2.24, 2.45) is 0 Å². The van der Waals surface area contributed by atoms with Gasteiger partial charge in [0.1, 0.15) is 12.2 Å². The van der Waals surface area contributed by atoms with Crippen LogP contribution in [0.4, 0.5) is 4.39 Å². The van der Waals surface area contributed by atoms with Crippen molar-refractivity contribution in [3.8, 4) is 5.75 Å². The maximum absolute atomic E-state index is 13.5. The third-order valence-corrected chi connectivity index (χ3v) is 3.84. The summed E-state index contributed by atoms with van der Waals surface area (Å²) in [6.07, 6.45) is 4.76. The number of aryl methyl sites for hydroxylation is 1. The van der Waals surface area contributed by atoms with Crippen molar-refractivity contribution in [3.63, 3.8) is 0 Å². The molecule has 0 aliphatic carbocycles. The van der Waals surface area contributed by atoms with Gasteiger partial charge in [-0.25, -0.2) is 4.39 Å². The SMILES string of the molecule is Cc1ccc(F)c(OCC23CCC(CC2)O3)c1. The lowest BCUT2D eigenvalue weighted by atomic mass is 9.89. The van der Waals surface area contributed by atoms with Gasteiger partial charge in [-0.1, -0.05) is 6.07 Å². The van der Waals surface area contributed by atoms with Crippen molar-refractivity contribution >= 4 is 0 Å². The predicted octanol–water partition coefficient (Wildman–Crippen LogP) is 3.22. The molecular formula is C14H17FO2. The van der Waals surface area contributed by atoms with Crippen LogP contribution < -0.4 is 4.74 Å². The lowest BCUT2D eigenvalue weighted by Gasteiger charge is -2.24. The summed E-state index contributed by atoms with van der Waals surface area (Å²) in [7, 11) is 0. The minimum absolute atomic E-state index is 0.138. The van der Waals surface area contributed by atoms with Gasteiger partial charge in [-0.2, -0.15) is 0 Å². The van der Waals surface area contributed by atoms with Gasteiger partial charge in [0, 0.05) is 0 Å². The van der Waals surface area contributed by atoms with E-state index in [0.717, 1.165) is 31.2 Å². The van der Waals surface area contributed by atoms with Gasteiger partial charge in [-0.15, -0.1) is 0 Å². The van der Waals surface area contributed by atoms with Gasteiger partial charge in [0.25, 0.3) is 0 Å². The van der Waals surface area contributed by atoms with E-state index in [1.54, 1.807) is 12.1 Å². The lowest BCUT2D eigenvalue weighted by molar-refractivity contribution is -0.0206. The molecular weight excluding hydrogens is 219 g/mol. The Kier molecular flexibility index (Phi) is 2.58. The normalized spacial score (nSPS) is 30.8. The number of rotatable bonds is 3. The maximum atomic E-state index is 13.5. The summed E-state index contributed by atoms with van der Waals surface area (Å²) in [5.41, 5.74) is 0.872. The molecule has 0 aromatic heterocycles. The van der Waals surface area contributed by atoms with Gasteiger partial charge in [-0.3, -0.25) is 0 Å². The first-order valence-electron chi connectivity index (χ1n) is 6.24. The third-order valence-electron chi connectivity index (χ3n) is 3.84. The smallest absolute Gasteiger partial charge is 0.165 e. The highest BCUT2D eigenvalue weighted by molar-refractivity contribution is 5.29. The van der Waals surface area contributed by atoms with Crippen molar-refractivity contribution in [1.82, 2.24) is 0 Å². The van der Waals surface area contributed by atoms with Crippen LogP contribution in [0.3, 0.4) is 0 Å². The van der Waals surface area contributed by atoms with Gasteiger partial charge in [0.2, 0.25) is 0 Å². The maximum Gasteiger partial charge on any atom is 0.165 e. The molecule has 2 saturated heterocycles. The monoisotopic (exact) mass is 236 g/mol. The Morgan fingerprint density at radius 3 is 2.82 bits per heavy atom. The number of benzene rings is 1. The lowest BCUT2D eigenvalue weighted by Crippen LogP contribution is -2.32. The molecule has 0 atom stereocenters. The summed E-state index contributed by atoms with van der Waals surface area (Å²) in [6, 6.07) is 4.95. The van der Waals surface area contributed by atoms with Crippen molar-refractivity contribution in [1.29, 1.82) is 0 Å². The molecule has 2 aliphatic rings. The van der Waals surface area contributed by atoms with Crippen LogP contribution in [0.25, 0.3) is 0 Å². The highest BCUT2D eigenvalue weighted by Gasteiger charge is 2.46. The summed E-state index contributed by atoms with van der Waals surface area (Å²) in [5.74, 6) is 0.0536. The number of hydrogen-bond acceptors (Lipinski definition) is 2. The second-order valence-electron chi connectivity index (χ2n) is 5.22. The standard InChI is InChI=1S/C14H17FO2/c1-10-2-3-12(15)13(8-10)16-9-14-6-4-11(17-14)5-7-14/h2-3,8,11H,4-7,9H2,1H3. The Labute approximate surface area is 101 Å². The molecule has 0 spiro atoms. The Balaban J connectivity index is 1.69. The molecule has 17 heavy (non-hydrogen) atoms. The number of halogens is 1. The van der Waals surface area contributed by atoms with E-state index in [1.165, 1.54) is 6.07 Å². The minimum atomic E-state index is -0.292. The van der Waals surface area contributed by atoms with Crippen LogP contribution in [0, 0.1) is 12.7 Å². The Hall–Kier alpha value is -1.09. The predicted molar refractivity (Wildman–Crippen MR) is 62.7 cm³/mol. The average Bonchev–Trinajstić information content (AvgIpc) is 2.91. The fraction of sp³-hybridized carbons (Fsp3) is 0.571. The zero-order valence-corrected chi connectivity index (χ0v) is 10.0. The molecule has 0 unspecified atom stereocenters. The van der Waals surface area contributed by atoms with E-state index in [0.29, 0.717) is 18.5 Å². The Morgan fingerprint density at radius 1 is 1.41 bits per heavy atom. The van der Waals surface area contributed by atoms with Crippen LogP contribution in [-0.4, -0.2) is 18.3 Å². The van der Waals surface area contributed by atoms with Crippen LogP contribution in [0.1, 0.15) is 31.2 Å². The van der Waals surface area contributed by atoms with E-state index in [4.69, 9.17) is 9.47 Å². The van der Waals surface area contributed by atoms with E-state index >= 15 is 0 Å². The van der Waals surface area contributed by atoms with Crippen molar-refractivity contribution in [2.45, 2.75) is 44.3 Å². The molecule has 0 radical (unpaired) electrons. The summed E-state index contributed by atoms with van der Waals surface area (Å²) in [5, 5.41) is 0. The fourth-order valence-electron chi connectivity index (χ4n) is 2.82. The molecule has 2 heterocycles. The molecule has 2 fully saturated rings. The molecule has 0 saturated carbocycles. The van der Waals surface area contributed by atoms with Crippen LogP contribution >= 0.6 is 0 Å². The van der Waals surface area contributed by atoms with Crippen molar-refractivity contribution in [3.05, 3.63) is 29.6 Å². The largest absolute Gasteiger partial charge is 0.487 e. The molecule has 2 bridgehead atoms. The van der Waals surface area contributed by atoms with E-state index < -0.39 is 0 Å². The van der Waals surface area contributed by atoms with Crippen molar-refractivity contribution < 1.29 is 13.9 Å². The summed E-state index contributed by atoms with van der Waals surface area (Å²) in [4.78, 5) is 0. The zero-order valence-electron chi connectivity index (χ0n) is 10.0. The highest BCUT2D eigenvalue weighted by atomic mass is 19.1. The molecule has 0 N–H and O–H groups in total. The molecule has 1 aromatic rings. The van der Waals surface area contributed by atoms with Crippen LogP contribution in [0.2, 0.25) is 0 Å². The van der Waals surface area contributed by atoms with Gasteiger partial charge < -0.3 is 9.47 Å². The summed E-state index contributed by atoms with van der Waals surface area (Å²) < 4.78 is 25.0. The fourth-order valence-corrected chi connectivity index (χ4v) is 2.82. The van der Waals surface area contributed by atoms with E-state index in [-0.39, 0.29) is 11.4 Å². The van der Waals surface area contributed by atoms with E-state index in [2.05, 4.69) is 0 Å². The number of ether oxygens (including phenoxy) is 2. The summed E-state index contributed by atoms with van der Waals surface area (Å²) in [6.45, 7) is 2.41. The van der Waals surface area contributed by atoms with Crippen LogP contribution in [0.5, 0.6) is 5.75 Å². The quantitative estimate of drug-likeness (QED) is 0.802. The molecule has 1 aromatic carbocycles. The second-order valence-corrected chi connectivity index (χ2v) is 5.22. The Bertz CT molecular complexity index is 422. The summed E-state index contributed by atoms with van der Waals surface area (Å²) >= 11 is 0. The van der Waals surface area contributed by atoms with Crippen LogP contribution in [0.15, 0.2) is 18.2 Å². The molecule has 2 aliphatic heterocycles. The minimum Gasteiger partial charge on any atom is -0.487 e. The first-order valence-corrected chi connectivity index (χ1v) is 6.24. The highest BCUT2D eigenvalue weighted by Crippen LogP contribution is 2.43. The Morgan fingerprint density at radius 2 is 2.18 bits per heavy atom. The topological polar surface area (TPSA) is 18.5 Å². The second kappa shape index (κ2) is 3.98. The molecule has 3 heteroatoms. The van der Waals surface area contributed by atoms with E-state index in [9.17, 15) is 4.39 Å². The molecule has 2 nitrogen and oxygen atoms in total. The van der Waals surface area contributed by atoms with Crippen molar-refractivity contribution in [2.75, 3.05) is 6.61 Å². The average molecular weight is 236 g/mol. The molecule has 92 valence electrons. The van der Waals surface area contributed by atoms with Gasteiger partial charge in [0.15, 0.2) is 11.6 Å². The third kappa shape index (κ3) is 2.04. The van der Waals surface area contributed by atoms with E-state index in [1.807, 2.05) is 6.92 Å². The van der Waals surface area contributed by atoms with Crippen LogP contribution in [-0.2, 0) is 4.74 Å². The first kappa shape index (κ1) is 11.0. The zero-order chi connectivity index (χ0) is 11.9. The number of fused-ring (bicyclic) bond motifs is 2. The van der Waals surface area contributed by atoms with Gasteiger partial charge >= 0.3 is 0 Å². The molecule has 3 rings (SSSR count). The number of hydrogen-bond donors (Lipinski definition) is 0.